The normalized spacial score (nSPS) is 16.6. The van der Waals surface area contributed by atoms with Crippen LogP contribution in [0.3, 0.4) is 0 Å². The Morgan fingerprint density at radius 2 is 1.67 bits per heavy atom. The van der Waals surface area contributed by atoms with Crippen molar-refractivity contribution in [3.05, 3.63) is 12.2 Å². The standard InChI is InChI=1S/C19H36N2O3/c1-10-11-12-13(2)15(22)14(16(23)20-19(6,7)8)21(9)17(24)18(3,4)5/h10-11,13-15,22H,12H2,1-9H3,(H,20,23)/b11-10+/t13-,14+,15-/m1/s1. The van der Waals surface area contributed by atoms with Gasteiger partial charge in [-0.2, -0.15) is 0 Å². The van der Waals surface area contributed by atoms with Crippen molar-refractivity contribution in [3.63, 3.8) is 0 Å². The van der Waals surface area contributed by atoms with Crippen molar-refractivity contribution >= 4 is 11.8 Å². The molecule has 0 saturated heterocycles. The number of hydrogen-bond acceptors (Lipinski definition) is 3. The van der Waals surface area contributed by atoms with Crippen molar-refractivity contribution in [1.82, 2.24) is 10.2 Å². The zero-order chi connectivity index (χ0) is 19.3. The molecular weight excluding hydrogens is 304 g/mol. The summed E-state index contributed by atoms with van der Waals surface area (Å²) in [6.07, 6.45) is 3.57. The maximum absolute atomic E-state index is 12.8. The van der Waals surface area contributed by atoms with Crippen LogP contribution in [0.5, 0.6) is 0 Å². The largest absolute Gasteiger partial charge is 0.390 e. The highest BCUT2D eigenvalue weighted by Crippen LogP contribution is 2.23. The van der Waals surface area contributed by atoms with Gasteiger partial charge in [-0.25, -0.2) is 0 Å². The zero-order valence-corrected chi connectivity index (χ0v) is 16.8. The van der Waals surface area contributed by atoms with Crippen LogP contribution in [0, 0.1) is 11.3 Å². The second-order valence-corrected chi connectivity index (χ2v) is 8.62. The van der Waals surface area contributed by atoms with E-state index in [1.807, 2.05) is 46.8 Å². The third-order valence-corrected chi connectivity index (χ3v) is 3.80. The van der Waals surface area contributed by atoms with Gasteiger partial charge in [-0.1, -0.05) is 39.8 Å². The molecule has 0 unspecified atom stereocenters. The van der Waals surface area contributed by atoms with Crippen molar-refractivity contribution in [1.29, 1.82) is 0 Å². The average molecular weight is 341 g/mol. The molecule has 0 saturated carbocycles. The summed E-state index contributed by atoms with van der Waals surface area (Å²) in [5, 5.41) is 13.7. The Bertz CT molecular complexity index is 458. The molecule has 0 radical (unpaired) electrons. The fourth-order valence-electron chi connectivity index (χ4n) is 2.46. The summed E-state index contributed by atoms with van der Waals surface area (Å²) in [7, 11) is 1.59. The molecule has 5 heteroatoms. The van der Waals surface area contributed by atoms with Gasteiger partial charge in [-0.3, -0.25) is 9.59 Å². The maximum Gasteiger partial charge on any atom is 0.245 e. The maximum atomic E-state index is 12.8. The quantitative estimate of drug-likeness (QED) is 0.731. The molecule has 0 aliphatic carbocycles. The van der Waals surface area contributed by atoms with Gasteiger partial charge in [0.2, 0.25) is 11.8 Å². The minimum absolute atomic E-state index is 0.146. The number of hydrogen-bond donors (Lipinski definition) is 2. The van der Waals surface area contributed by atoms with Gasteiger partial charge in [0.15, 0.2) is 0 Å². The highest BCUT2D eigenvalue weighted by molar-refractivity contribution is 5.90. The Kier molecular flexibility index (Phi) is 8.16. The van der Waals surface area contributed by atoms with Gasteiger partial charge >= 0.3 is 0 Å². The van der Waals surface area contributed by atoms with Crippen molar-refractivity contribution in [2.24, 2.45) is 11.3 Å². The Morgan fingerprint density at radius 1 is 1.17 bits per heavy atom. The van der Waals surface area contributed by atoms with E-state index in [4.69, 9.17) is 0 Å². The van der Waals surface area contributed by atoms with Crippen molar-refractivity contribution in [2.45, 2.75) is 79.5 Å². The molecule has 0 aromatic rings. The Balaban J connectivity index is 5.58. The van der Waals surface area contributed by atoms with Crippen molar-refractivity contribution in [2.75, 3.05) is 7.05 Å². The van der Waals surface area contributed by atoms with Crippen LogP contribution < -0.4 is 5.32 Å². The highest BCUT2D eigenvalue weighted by atomic mass is 16.3. The Hall–Kier alpha value is -1.36. The van der Waals surface area contributed by atoms with Crippen LogP contribution in [0.1, 0.15) is 61.8 Å². The predicted molar refractivity (Wildman–Crippen MR) is 98.5 cm³/mol. The van der Waals surface area contributed by atoms with E-state index in [9.17, 15) is 14.7 Å². The van der Waals surface area contributed by atoms with Gasteiger partial charge in [0, 0.05) is 18.0 Å². The molecule has 3 atom stereocenters. The monoisotopic (exact) mass is 340 g/mol. The van der Waals surface area contributed by atoms with E-state index in [-0.39, 0.29) is 17.7 Å². The Morgan fingerprint density at radius 3 is 2.04 bits per heavy atom. The fraction of sp³-hybridized carbons (Fsp3) is 0.789. The first-order valence-corrected chi connectivity index (χ1v) is 8.61. The van der Waals surface area contributed by atoms with Crippen LogP contribution in [0.15, 0.2) is 12.2 Å². The summed E-state index contributed by atoms with van der Waals surface area (Å²) < 4.78 is 0. The number of nitrogens with one attached hydrogen (secondary N) is 1. The van der Waals surface area contributed by atoms with Crippen molar-refractivity contribution in [3.8, 4) is 0 Å². The molecule has 0 aromatic carbocycles. The first-order chi connectivity index (χ1) is 10.7. The Labute approximate surface area is 147 Å². The molecule has 0 bridgehead atoms. The smallest absolute Gasteiger partial charge is 0.245 e. The molecule has 0 aromatic heterocycles. The molecule has 2 amide bonds. The topological polar surface area (TPSA) is 69.6 Å². The van der Waals surface area contributed by atoms with E-state index < -0.39 is 23.1 Å². The molecule has 0 aliphatic rings. The molecular formula is C19H36N2O3. The zero-order valence-electron chi connectivity index (χ0n) is 16.8. The summed E-state index contributed by atoms with van der Waals surface area (Å²) in [4.78, 5) is 26.8. The van der Waals surface area contributed by atoms with E-state index in [1.165, 1.54) is 4.90 Å². The van der Waals surface area contributed by atoms with Crippen LogP contribution in [-0.2, 0) is 9.59 Å². The molecule has 0 aliphatic heterocycles. The van der Waals surface area contributed by atoms with Gasteiger partial charge in [-0.05, 0) is 40.0 Å². The lowest BCUT2D eigenvalue weighted by atomic mass is 9.89. The predicted octanol–water partition coefficient (Wildman–Crippen LogP) is 2.74. The minimum Gasteiger partial charge on any atom is -0.390 e. The summed E-state index contributed by atoms with van der Waals surface area (Å²) in [6.45, 7) is 14.9. The van der Waals surface area contributed by atoms with E-state index in [0.29, 0.717) is 6.42 Å². The van der Waals surface area contributed by atoms with Crippen LogP contribution in [0.4, 0.5) is 0 Å². The number of amides is 2. The van der Waals surface area contributed by atoms with Crippen LogP contribution in [-0.4, -0.2) is 46.6 Å². The molecule has 0 fully saturated rings. The molecule has 140 valence electrons. The van der Waals surface area contributed by atoms with Crippen LogP contribution >= 0.6 is 0 Å². The minimum atomic E-state index is -0.945. The molecule has 0 rings (SSSR count). The fourth-order valence-corrected chi connectivity index (χ4v) is 2.46. The van der Waals surface area contributed by atoms with Gasteiger partial charge in [0.05, 0.1) is 6.10 Å². The lowest BCUT2D eigenvalue weighted by molar-refractivity contribution is -0.150. The number of aliphatic hydroxyl groups is 1. The van der Waals surface area contributed by atoms with Crippen LogP contribution in [0.2, 0.25) is 0 Å². The third-order valence-electron chi connectivity index (χ3n) is 3.80. The second-order valence-electron chi connectivity index (χ2n) is 8.62. The number of rotatable bonds is 6. The van der Waals surface area contributed by atoms with Gasteiger partial charge in [0.25, 0.3) is 0 Å². The molecule has 0 spiro atoms. The third kappa shape index (κ3) is 7.04. The molecule has 5 nitrogen and oxygen atoms in total. The number of allylic oxidation sites excluding steroid dienone is 2. The second kappa shape index (κ2) is 8.65. The number of aliphatic hydroxyl groups excluding tert-OH is 1. The number of carbonyl (C=O) groups is 2. The van der Waals surface area contributed by atoms with Crippen molar-refractivity contribution < 1.29 is 14.7 Å². The summed E-state index contributed by atoms with van der Waals surface area (Å²) in [6, 6.07) is -0.920. The SMILES string of the molecule is C/C=C/C[C@@H](C)[C@@H](O)[C@@H](C(=O)NC(C)(C)C)N(C)C(=O)C(C)(C)C. The van der Waals surface area contributed by atoms with E-state index in [0.717, 1.165) is 0 Å². The number of nitrogens with zero attached hydrogens (tertiary/aromatic N) is 1. The van der Waals surface area contributed by atoms with Gasteiger partial charge in [0.1, 0.15) is 6.04 Å². The molecule has 2 N–H and O–H groups in total. The summed E-state index contributed by atoms with van der Waals surface area (Å²) in [5.74, 6) is -0.650. The van der Waals surface area contributed by atoms with E-state index >= 15 is 0 Å². The highest BCUT2D eigenvalue weighted by Gasteiger charge is 2.40. The lowest BCUT2D eigenvalue weighted by Crippen LogP contribution is -2.59. The summed E-state index contributed by atoms with van der Waals surface area (Å²) >= 11 is 0. The first kappa shape index (κ1) is 22.6. The number of likely N-dealkylation sites (N-methyl/N-ethyl adjacent to an activating group) is 1. The molecule has 24 heavy (non-hydrogen) atoms. The van der Waals surface area contributed by atoms with Gasteiger partial charge in [-0.15, -0.1) is 0 Å². The lowest BCUT2D eigenvalue weighted by Gasteiger charge is -2.38. The van der Waals surface area contributed by atoms with Crippen LogP contribution in [0.25, 0.3) is 0 Å². The van der Waals surface area contributed by atoms with Gasteiger partial charge < -0.3 is 15.3 Å². The van der Waals surface area contributed by atoms with E-state index in [1.54, 1.807) is 27.8 Å². The van der Waals surface area contributed by atoms with E-state index in [2.05, 4.69) is 5.32 Å². The average Bonchev–Trinajstić information content (AvgIpc) is 2.40. The number of carbonyl (C=O) groups excluding carboxylic acids is 2. The summed E-state index contributed by atoms with van der Waals surface area (Å²) in [5.41, 5.74) is -1.06. The molecule has 0 heterocycles. The first-order valence-electron chi connectivity index (χ1n) is 8.61.